The van der Waals surface area contributed by atoms with Crippen LogP contribution in [0.25, 0.3) is 10.9 Å². The summed E-state index contributed by atoms with van der Waals surface area (Å²) in [4.78, 5) is 25.0. The molecule has 8 heteroatoms. The molecule has 4 aromatic rings. The zero-order valence-electron chi connectivity index (χ0n) is 14.4. The highest BCUT2D eigenvalue weighted by Gasteiger charge is 2.12. The van der Waals surface area contributed by atoms with E-state index in [9.17, 15) is 9.18 Å². The fourth-order valence-corrected chi connectivity index (χ4v) is 2.84. The van der Waals surface area contributed by atoms with Gasteiger partial charge in [0.2, 0.25) is 0 Å². The molecule has 0 unspecified atom stereocenters. The Balaban J connectivity index is 1.56. The van der Waals surface area contributed by atoms with E-state index >= 15 is 0 Å². The van der Waals surface area contributed by atoms with Crippen LogP contribution in [0.5, 0.6) is 0 Å². The molecule has 0 spiro atoms. The predicted molar refractivity (Wildman–Crippen MR) is 106 cm³/mol. The van der Waals surface area contributed by atoms with Crippen LogP contribution in [0.4, 0.5) is 21.6 Å². The van der Waals surface area contributed by atoms with E-state index in [-0.39, 0.29) is 10.7 Å². The molecule has 0 fully saturated rings. The van der Waals surface area contributed by atoms with Gasteiger partial charge < -0.3 is 10.6 Å². The van der Waals surface area contributed by atoms with Crippen molar-refractivity contribution in [2.75, 3.05) is 10.6 Å². The molecule has 4 rings (SSSR count). The molecule has 6 nitrogen and oxygen atoms in total. The van der Waals surface area contributed by atoms with Crippen molar-refractivity contribution in [2.45, 2.75) is 0 Å². The lowest BCUT2D eigenvalue weighted by atomic mass is 10.2. The predicted octanol–water partition coefficient (Wildman–Crippen LogP) is 4.81. The van der Waals surface area contributed by atoms with E-state index in [4.69, 9.17) is 11.6 Å². The number of para-hydroxylation sites is 1. The molecule has 0 saturated carbocycles. The van der Waals surface area contributed by atoms with Crippen molar-refractivity contribution in [3.05, 3.63) is 83.7 Å². The highest BCUT2D eigenvalue weighted by molar-refractivity contribution is 6.31. The summed E-state index contributed by atoms with van der Waals surface area (Å²) in [5, 5.41) is 6.69. The summed E-state index contributed by atoms with van der Waals surface area (Å²) in [6, 6.07) is 15.0. The van der Waals surface area contributed by atoms with E-state index in [1.165, 1.54) is 30.6 Å². The van der Waals surface area contributed by atoms with Crippen LogP contribution in [0.2, 0.25) is 5.02 Å². The molecule has 2 heterocycles. The van der Waals surface area contributed by atoms with Gasteiger partial charge in [0.1, 0.15) is 23.7 Å². The van der Waals surface area contributed by atoms with Crippen molar-refractivity contribution in [2.24, 2.45) is 0 Å². The van der Waals surface area contributed by atoms with Gasteiger partial charge in [-0.3, -0.25) is 9.78 Å². The molecule has 0 saturated heterocycles. The summed E-state index contributed by atoms with van der Waals surface area (Å²) < 4.78 is 13.3. The van der Waals surface area contributed by atoms with Gasteiger partial charge in [-0.1, -0.05) is 29.8 Å². The number of halogens is 2. The Kier molecular flexibility index (Phi) is 4.82. The lowest BCUT2D eigenvalue weighted by Crippen LogP contribution is -2.14. The molecule has 138 valence electrons. The molecule has 0 bridgehead atoms. The molecule has 0 atom stereocenters. The average Bonchev–Trinajstić information content (AvgIpc) is 2.71. The molecular weight excluding hydrogens is 381 g/mol. The number of benzene rings is 2. The third kappa shape index (κ3) is 3.74. The molecule has 0 radical (unpaired) electrons. The van der Waals surface area contributed by atoms with Crippen LogP contribution in [0.1, 0.15) is 10.5 Å². The first-order chi connectivity index (χ1) is 13.6. The molecule has 0 aliphatic carbocycles. The molecule has 1 amide bonds. The van der Waals surface area contributed by atoms with Gasteiger partial charge in [0, 0.05) is 23.3 Å². The lowest BCUT2D eigenvalue weighted by molar-refractivity contribution is 0.102. The van der Waals surface area contributed by atoms with E-state index in [0.29, 0.717) is 22.7 Å². The summed E-state index contributed by atoms with van der Waals surface area (Å²) in [5.41, 5.74) is 1.97. The second-order valence-electron chi connectivity index (χ2n) is 5.88. The van der Waals surface area contributed by atoms with Gasteiger partial charge in [0.15, 0.2) is 0 Å². The summed E-state index contributed by atoms with van der Waals surface area (Å²) in [7, 11) is 0. The fourth-order valence-electron chi connectivity index (χ4n) is 2.66. The molecule has 0 aliphatic rings. The topological polar surface area (TPSA) is 79.8 Å². The highest BCUT2D eigenvalue weighted by Crippen LogP contribution is 2.23. The number of amides is 1. The number of rotatable bonds is 4. The first-order valence-electron chi connectivity index (χ1n) is 8.29. The smallest absolute Gasteiger partial charge is 0.274 e. The zero-order valence-corrected chi connectivity index (χ0v) is 15.1. The number of nitrogens with one attached hydrogen (secondary N) is 2. The van der Waals surface area contributed by atoms with Crippen molar-refractivity contribution < 1.29 is 9.18 Å². The van der Waals surface area contributed by atoms with Gasteiger partial charge in [0.25, 0.3) is 5.91 Å². The number of pyridine rings is 1. The Morgan fingerprint density at radius 3 is 2.71 bits per heavy atom. The maximum atomic E-state index is 13.3. The Hall–Kier alpha value is -3.58. The number of carbonyl (C=O) groups excluding carboxylic acids is 1. The summed E-state index contributed by atoms with van der Waals surface area (Å²) in [5.74, 6) is -0.543. The normalized spacial score (nSPS) is 10.6. The number of anilines is 3. The summed E-state index contributed by atoms with van der Waals surface area (Å²) in [6.45, 7) is 0. The minimum atomic E-state index is -0.515. The lowest BCUT2D eigenvalue weighted by Gasteiger charge is -2.09. The van der Waals surface area contributed by atoms with Crippen LogP contribution in [0.3, 0.4) is 0 Å². The minimum Gasteiger partial charge on any atom is -0.340 e. The van der Waals surface area contributed by atoms with Crippen molar-refractivity contribution in [1.82, 2.24) is 15.0 Å². The van der Waals surface area contributed by atoms with Crippen molar-refractivity contribution in [3.8, 4) is 0 Å². The first-order valence-corrected chi connectivity index (χ1v) is 8.67. The van der Waals surface area contributed by atoms with Crippen molar-refractivity contribution in [1.29, 1.82) is 0 Å². The number of hydrogen-bond acceptors (Lipinski definition) is 5. The number of nitrogens with zero attached hydrogens (tertiary/aromatic N) is 3. The van der Waals surface area contributed by atoms with Gasteiger partial charge in [-0.2, -0.15) is 0 Å². The third-order valence-corrected chi connectivity index (χ3v) is 4.26. The Labute approximate surface area is 164 Å². The second-order valence-corrected chi connectivity index (χ2v) is 6.28. The molecule has 2 aromatic heterocycles. The molecule has 0 aliphatic heterocycles. The van der Waals surface area contributed by atoms with Crippen LogP contribution in [-0.2, 0) is 0 Å². The standard InChI is InChI=1S/C20H13ClFN5O/c21-14-9-13(6-7-15(14)22)26-18-10-17(24-11-25-18)20(28)27-16-5-1-3-12-4-2-8-23-19(12)16/h1-11H,(H,27,28)(H,24,25,26). The van der Waals surface area contributed by atoms with Crippen LogP contribution in [-0.4, -0.2) is 20.9 Å². The Morgan fingerprint density at radius 1 is 1.00 bits per heavy atom. The molecule has 2 aromatic carbocycles. The van der Waals surface area contributed by atoms with Crippen molar-refractivity contribution in [3.63, 3.8) is 0 Å². The largest absolute Gasteiger partial charge is 0.340 e. The van der Waals surface area contributed by atoms with Gasteiger partial charge in [-0.05, 0) is 30.3 Å². The fraction of sp³-hybridized carbons (Fsp3) is 0. The zero-order chi connectivity index (χ0) is 19.5. The number of aromatic nitrogens is 3. The Morgan fingerprint density at radius 2 is 1.86 bits per heavy atom. The highest BCUT2D eigenvalue weighted by atomic mass is 35.5. The van der Waals surface area contributed by atoms with Gasteiger partial charge >= 0.3 is 0 Å². The molecule has 2 N–H and O–H groups in total. The number of hydrogen-bond donors (Lipinski definition) is 2. The average molecular weight is 394 g/mol. The Bertz CT molecular complexity index is 1180. The van der Waals surface area contributed by atoms with Gasteiger partial charge in [0.05, 0.1) is 16.2 Å². The monoisotopic (exact) mass is 393 g/mol. The van der Waals surface area contributed by atoms with E-state index in [1.807, 2.05) is 24.3 Å². The molecular formula is C20H13ClFN5O. The van der Waals surface area contributed by atoms with E-state index in [1.54, 1.807) is 12.3 Å². The van der Waals surface area contributed by atoms with Gasteiger partial charge in [-0.15, -0.1) is 0 Å². The van der Waals surface area contributed by atoms with Crippen LogP contribution >= 0.6 is 11.6 Å². The third-order valence-electron chi connectivity index (χ3n) is 3.97. The summed E-state index contributed by atoms with van der Waals surface area (Å²) in [6.07, 6.45) is 2.93. The van der Waals surface area contributed by atoms with E-state index < -0.39 is 11.7 Å². The quantitative estimate of drug-likeness (QED) is 0.520. The van der Waals surface area contributed by atoms with E-state index in [2.05, 4.69) is 25.6 Å². The second kappa shape index (κ2) is 7.58. The SMILES string of the molecule is O=C(Nc1cccc2cccnc12)c1cc(Nc2ccc(F)c(Cl)c2)ncn1. The minimum absolute atomic E-state index is 0.0134. The number of fused-ring (bicyclic) bond motifs is 1. The van der Waals surface area contributed by atoms with Crippen LogP contribution in [0.15, 0.2) is 67.1 Å². The van der Waals surface area contributed by atoms with Gasteiger partial charge in [-0.25, -0.2) is 14.4 Å². The number of carbonyl (C=O) groups is 1. The van der Waals surface area contributed by atoms with Crippen molar-refractivity contribution >= 4 is 45.6 Å². The van der Waals surface area contributed by atoms with Crippen LogP contribution < -0.4 is 10.6 Å². The summed E-state index contributed by atoms with van der Waals surface area (Å²) >= 11 is 5.78. The van der Waals surface area contributed by atoms with Crippen LogP contribution in [0, 0.1) is 5.82 Å². The first kappa shape index (κ1) is 17.8. The maximum Gasteiger partial charge on any atom is 0.274 e. The molecule has 28 heavy (non-hydrogen) atoms. The maximum absolute atomic E-state index is 13.3. The van der Waals surface area contributed by atoms with E-state index in [0.717, 1.165) is 5.39 Å².